The van der Waals surface area contributed by atoms with E-state index in [4.69, 9.17) is 11.6 Å². The zero-order chi connectivity index (χ0) is 16.7. The van der Waals surface area contributed by atoms with Crippen LogP contribution < -0.4 is 21.9 Å². The van der Waals surface area contributed by atoms with Gasteiger partial charge in [-0.3, -0.25) is 0 Å². The van der Waals surface area contributed by atoms with Crippen LogP contribution in [0, 0.1) is 6.92 Å². The Morgan fingerprint density at radius 1 is 1.12 bits per heavy atom. The van der Waals surface area contributed by atoms with Crippen LogP contribution in [0.2, 0.25) is 5.02 Å². The molecule has 0 bridgehead atoms. The van der Waals surface area contributed by atoms with E-state index in [-0.39, 0.29) is 17.0 Å². The van der Waals surface area contributed by atoms with Crippen molar-refractivity contribution in [1.29, 1.82) is 0 Å². The van der Waals surface area contributed by atoms with E-state index in [0.717, 1.165) is 35.1 Å². The second-order valence-electron chi connectivity index (χ2n) is 6.38. The van der Waals surface area contributed by atoms with E-state index in [1.165, 1.54) is 5.56 Å². The molecule has 1 N–H and O–H groups in total. The molecule has 2 aliphatic heterocycles. The Bertz CT molecular complexity index is 794. The summed E-state index contributed by atoms with van der Waals surface area (Å²) in [6.45, 7) is 3.48. The lowest BCUT2D eigenvalue weighted by Crippen LogP contribution is -3.00. The third-order valence-corrected chi connectivity index (χ3v) is 6.14. The predicted molar refractivity (Wildman–Crippen MR) is 101 cm³/mol. The number of nitrogens with zero attached hydrogens (tertiary/aromatic N) is 2. The molecule has 25 heavy (non-hydrogen) atoms. The molecule has 0 amide bonds. The second kappa shape index (κ2) is 7.31. The Morgan fingerprint density at radius 2 is 1.80 bits per heavy atom. The van der Waals surface area contributed by atoms with Gasteiger partial charge < -0.3 is 22.1 Å². The number of benzene rings is 2. The van der Waals surface area contributed by atoms with Gasteiger partial charge in [-0.2, -0.15) is 0 Å². The molecule has 0 saturated carbocycles. The van der Waals surface area contributed by atoms with Crippen LogP contribution in [-0.4, -0.2) is 33.7 Å². The summed E-state index contributed by atoms with van der Waals surface area (Å²) < 4.78 is 2.14. The summed E-state index contributed by atoms with van der Waals surface area (Å²) in [4.78, 5) is 2.23. The molecule has 1 atom stereocenters. The number of aryl methyl sites for hydroxylation is 1. The van der Waals surface area contributed by atoms with Crippen LogP contribution in [0.3, 0.4) is 0 Å². The Labute approximate surface area is 168 Å². The highest BCUT2D eigenvalue weighted by Gasteiger charge is 2.53. The number of halogens is 2. The molecule has 0 spiro atoms. The van der Waals surface area contributed by atoms with Crippen LogP contribution in [0.25, 0.3) is 0 Å². The summed E-state index contributed by atoms with van der Waals surface area (Å²) in [5.74, 6) is 1.09. The van der Waals surface area contributed by atoms with Gasteiger partial charge in [-0.25, -0.2) is 9.48 Å². The molecule has 0 radical (unpaired) electrons. The number of rotatable bonds is 2. The monoisotopic (exact) mass is 438 g/mol. The first-order valence-electron chi connectivity index (χ1n) is 8.18. The minimum atomic E-state index is -1.02. The minimum Gasteiger partial charge on any atom is -1.00 e. The van der Waals surface area contributed by atoms with Crippen molar-refractivity contribution in [3.05, 3.63) is 64.7 Å². The van der Waals surface area contributed by atoms with E-state index >= 15 is 0 Å². The summed E-state index contributed by atoms with van der Waals surface area (Å²) in [6, 6.07) is 16.0. The maximum absolute atomic E-state index is 11.5. The normalized spacial score (nSPS) is 22.6. The van der Waals surface area contributed by atoms with Gasteiger partial charge in [-0.15, -0.1) is 0 Å². The SMILES string of the molecule is Cc1ccc(N2CC(O)(c3ccc(Cl)cc3)[N+]3=C2SCCC3)cc1.[Br-]. The van der Waals surface area contributed by atoms with Crippen molar-refractivity contribution < 1.29 is 26.7 Å². The van der Waals surface area contributed by atoms with Crippen molar-refractivity contribution in [2.45, 2.75) is 19.1 Å². The lowest BCUT2D eigenvalue weighted by atomic mass is 10.0. The molecule has 132 valence electrons. The lowest BCUT2D eigenvalue weighted by Gasteiger charge is -2.24. The molecule has 0 saturated heterocycles. The molecule has 6 heteroatoms. The van der Waals surface area contributed by atoms with E-state index < -0.39 is 5.72 Å². The van der Waals surface area contributed by atoms with Gasteiger partial charge in [0, 0.05) is 16.3 Å². The average molecular weight is 440 g/mol. The molecule has 1 unspecified atom stereocenters. The molecule has 0 fully saturated rings. The van der Waals surface area contributed by atoms with E-state index in [2.05, 4.69) is 40.7 Å². The van der Waals surface area contributed by atoms with Gasteiger partial charge in [0.2, 0.25) is 0 Å². The molecular formula is C19H20BrClN2OS. The van der Waals surface area contributed by atoms with Crippen LogP contribution in [0.5, 0.6) is 0 Å². The molecule has 3 nitrogen and oxygen atoms in total. The highest BCUT2D eigenvalue weighted by Crippen LogP contribution is 2.37. The summed E-state index contributed by atoms with van der Waals surface area (Å²) >= 11 is 7.85. The fraction of sp³-hybridized carbons (Fsp3) is 0.316. The van der Waals surface area contributed by atoms with Crippen LogP contribution in [0.1, 0.15) is 17.5 Å². The number of hydrogen-bond acceptors (Lipinski definition) is 3. The minimum absolute atomic E-state index is 0. The van der Waals surface area contributed by atoms with Crippen molar-refractivity contribution in [2.75, 3.05) is 23.7 Å². The number of thioether (sulfide) groups is 1. The van der Waals surface area contributed by atoms with E-state index in [0.29, 0.717) is 11.6 Å². The fourth-order valence-corrected chi connectivity index (χ4v) is 4.70. The predicted octanol–water partition coefficient (Wildman–Crippen LogP) is 0.823. The number of aliphatic hydroxyl groups is 1. The second-order valence-corrected chi connectivity index (χ2v) is 7.88. The maximum atomic E-state index is 11.5. The van der Waals surface area contributed by atoms with Crippen molar-refractivity contribution >= 4 is 34.2 Å². The van der Waals surface area contributed by atoms with E-state index in [9.17, 15) is 5.11 Å². The van der Waals surface area contributed by atoms with Gasteiger partial charge in [-0.1, -0.05) is 41.4 Å². The summed E-state index contributed by atoms with van der Waals surface area (Å²) in [5.41, 5.74) is 2.24. The number of anilines is 1. The molecule has 2 aromatic rings. The van der Waals surface area contributed by atoms with Crippen molar-refractivity contribution in [3.8, 4) is 0 Å². The largest absolute Gasteiger partial charge is 1.00 e. The van der Waals surface area contributed by atoms with Crippen molar-refractivity contribution in [2.24, 2.45) is 0 Å². The van der Waals surface area contributed by atoms with Crippen molar-refractivity contribution in [3.63, 3.8) is 0 Å². The first-order chi connectivity index (χ1) is 11.6. The maximum Gasteiger partial charge on any atom is 0.316 e. The third kappa shape index (κ3) is 3.35. The Morgan fingerprint density at radius 3 is 2.48 bits per heavy atom. The topological polar surface area (TPSA) is 26.5 Å². The third-order valence-electron chi connectivity index (χ3n) is 4.70. The number of β-amino-alcohol motifs (C(OH)–C–C–N with tert-alkyl or cyclic N) is 1. The highest BCUT2D eigenvalue weighted by atomic mass is 79.9. The Hall–Kier alpha value is -1.01. The van der Waals surface area contributed by atoms with Crippen LogP contribution in [-0.2, 0) is 5.72 Å². The summed E-state index contributed by atoms with van der Waals surface area (Å²) in [7, 11) is 0. The quantitative estimate of drug-likeness (QED) is 0.702. The van der Waals surface area contributed by atoms with Crippen LogP contribution in [0.4, 0.5) is 5.69 Å². The van der Waals surface area contributed by atoms with Crippen LogP contribution in [0.15, 0.2) is 48.5 Å². The summed E-state index contributed by atoms with van der Waals surface area (Å²) in [5, 5.41) is 13.4. The highest BCUT2D eigenvalue weighted by molar-refractivity contribution is 8.13. The van der Waals surface area contributed by atoms with E-state index in [1.54, 1.807) is 0 Å². The molecule has 2 aliphatic rings. The van der Waals surface area contributed by atoms with Crippen molar-refractivity contribution in [1.82, 2.24) is 0 Å². The van der Waals surface area contributed by atoms with Crippen LogP contribution >= 0.6 is 23.4 Å². The molecule has 2 heterocycles. The number of amidine groups is 1. The van der Waals surface area contributed by atoms with Gasteiger partial charge in [0.05, 0.1) is 6.54 Å². The van der Waals surface area contributed by atoms with E-state index in [1.807, 2.05) is 36.0 Å². The first-order valence-corrected chi connectivity index (χ1v) is 9.54. The standard InChI is InChI=1S/C19H20ClN2OS.BrH/c1-14-3-9-17(10-4-14)21-13-19(23,15-5-7-16(20)8-6-15)22-11-2-12-24-18(21)22;/h3-10,23H,2,11-13H2,1H3;1H/q+1;/p-1. The zero-order valence-electron chi connectivity index (χ0n) is 14.0. The molecule has 0 aromatic heterocycles. The smallest absolute Gasteiger partial charge is 0.316 e. The Kier molecular flexibility index (Phi) is 5.49. The van der Waals surface area contributed by atoms with Gasteiger partial charge in [0.15, 0.2) is 6.54 Å². The lowest BCUT2D eigenvalue weighted by molar-refractivity contribution is -0.656. The molecular weight excluding hydrogens is 420 g/mol. The molecule has 2 aromatic carbocycles. The van der Waals surface area contributed by atoms with Gasteiger partial charge >= 0.3 is 5.17 Å². The fourth-order valence-electron chi connectivity index (χ4n) is 3.39. The van der Waals surface area contributed by atoms with Gasteiger partial charge in [0.1, 0.15) is 5.69 Å². The van der Waals surface area contributed by atoms with Gasteiger partial charge in [0.25, 0.3) is 5.72 Å². The van der Waals surface area contributed by atoms with Gasteiger partial charge in [-0.05, 0) is 49.4 Å². The Balaban J connectivity index is 0.00000182. The molecule has 4 rings (SSSR count). The average Bonchev–Trinajstić information content (AvgIpc) is 2.91. The zero-order valence-corrected chi connectivity index (χ0v) is 17.1. The molecule has 0 aliphatic carbocycles. The number of hydrogen-bond donors (Lipinski definition) is 1. The summed E-state index contributed by atoms with van der Waals surface area (Å²) in [6.07, 6.45) is 1.08. The first kappa shape index (κ1) is 18.8.